The fraction of sp³-hybridized carbons (Fsp3) is 0.0370. The van der Waals surface area contributed by atoms with Crippen LogP contribution < -0.4 is 21.2 Å². The summed E-state index contributed by atoms with van der Waals surface area (Å²) in [7, 11) is -1.69. The van der Waals surface area contributed by atoms with Gasteiger partial charge in [-0.1, -0.05) is 121 Å². The van der Waals surface area contributed by atoms with Gasteiger partial charge < -0.3 is 17.3 Å². The van der Waals surface area contributed by atoms with Crippen molar-refractivity contribution in [2.45, 2.75) is 6.42 Å². The minimum Gasteiger partial charge on any atom is -0.456 e. The number of benzene rings is 8. The van der Waals surface area contributed by atoms with Crippen LogP contribution in [0.25, 0.3) is 33.1 Å². The molecule has 0 bridgehead atoms. The molecule has 1 aliphatic carbocycles. The SMILES string of the molecule is [Au+].[Au+].[C-]#Cc1ccc2c(c1)-c1ccccc1C2.[C-]#Cc1ccc2oc3ccccc3c2c1.c1ccc([PH+](C[PH+](c2ccccc2)c2ccccc2)c2ccccc2)cc1. The molecule has 5 heteroatoms. The fourth-order valence-electron chi connectivity index (χ4n) is 7.48. The summed E-state index contributed by atoms with van der Waals surface area (Å²) in [4.78, 5) is 0. The van der Waals surface area contributed by atoms with E-state index >= 15 is 0 Å². The van der Waals surface area contributed by atoms with E-state index in [0.717, 1.165) is 39.5 Å². The van der Waals surface area contributed by atoms with Crippen LogP contribution in [0.2, 0.25) is 0 Å². The number of hydrogen-bond donors (Lipinski definition) is 0. The summed E-state index contributed by atoms with van der Waals surface area (Å²) < 4.78 is 5.66. The maximum Gasteiger partial charge on any atom is 1.00 e. The molecule has 8 aromatic carbocycles. The Morgan fingerprint density at radius 3 is 1.37 bits per heavy atom. The summed E-state index contributed by atoms with van der Waals surface area (Å²) in [6, 6.07) is 72.6. The molecule has 0 fully saturated rings. The molecule has 0 atom stereocenters. The van der Waals surface area contributed by atoms with E-state index in [1.54, 1.807) is 0 Å². The van der Waals surface area contributed by atoms with Gasteiger partial charge in [-0.15, -0.1) is 35.4 Å². The number of hydrogen-bond acceptors (Lipinski definition) is 1. The summed E-state index contributed by atoms with van der Waals surface area (Å²) in [6.07, 6.45) is 15.3. The molecule has 1 aliphatic rings. The molecule has 1 heterocycles. The monoisotopic (exact) mass is 1160 g/mol. The van der Waals surface area contributed by atoms with Gasteiger partial charge in [0.2, 0.25) is 0 Å². The van der Waals surface area contributed by atoms with Gasteiger partial charge in [-0.25, -0.2) is 0 Å². The average Bonchev–Trinajstić information content (AvgIpc) is 3.86. The first-order valence-corrected chi connectivity index (χ1v) is 22.5. The van der Waals surface area contributed by atoms with Gasteiger partial charge in [0.25, 0.3) is 0 Å². The van der Waals surface area contributed by atoms with Gasteiger partial charge in [0.05, 0.1) is 0 Å². The number of fused-ring (bicyclic) bond motifs is 6. The van der Waals surface area contributed by atoms with Gasteiger partial charge in [0.15, 0.2) is 5.90 Å². The molecule has 0 N–H and O–H groups in total. The average molecular weight is 1160 g/mol. The molecule has 292 valence electrons. The van der Waals surface area contributed by atoms with Crippen LogP contribution in [-0.4, -0.2) is 5.90 Å². The third-order valence-electron chi connectivity index (χ3n) is 10.3. The molecule has 59 heavy (non-hydrogen) atoms. The summed E-state index contributed by atoms with van der Waals surface area (Å²) in [6.45, 7) is 0. The van der Waals surface area contributed by atoms with Gasteiger partial charge in [-0.05, 0) is 89.3 Å². The first-order chi connectivity index (χ1) is 28.2. The minimum atomic E-state index is -0.847. The third-order valence-corrected chi connectivity index (χ3v) is 17.3. The van der Waals surface area contributed by atoms with Gasteiger partial charge in [0.1, 0.15) is 48.2 Å². The molecular weight excluding hydrogens is 1120 g/mol. The van der Waals surface area contributed by atoms with E-state index in [2.05, 4.69) is 164 Å². The van der Waals surface area contributed by atoms with Crippen LogP contribution in [0.1, 0.15) is 22.3 Å². The van der Waals surface area contributed by atoms with E-state index in [0.29, 0.717) is 0 Å². The molecule has 0 amide bonds. The first kappa shape index (κ1) is 43.6. The Morgan fingerprint density at radius 2 is 0.831 bits per heavy atom. The molecular formula is C54H40Au2OP2+2. The van der Waals surface area contributed by atoms with E-state index in [9.17, 15) is 0 Å². The molecule has 9 aromatic rings. The van der Waals surface area contributed by atoms with Crippen LogP contribution in [0.4, 0.5) is 0 Å². The summed E-state index contributed by atoms with van der Waals surface area (Å²) >= 11 is 0. The summed E-state index contributed by atoms with van der Waals surface area (Å²) in [5, 5.41) is 8.14. The largest absolute Gasteiger partial charge is 1.00 e. The second kappa shape index (κ2) is 21.3. The standard InChI is InChI=1S/C25H22P2.C15H9.C14H7O.2Au/c1-5-13-22(14-6-1)26(23-15-7-2-8-16-23)21-27(24-17-9-3-10-18-24)25-19-11-4-12-20-25;1-2-11-7-8-13-10-12-5-3-4-6-14(12)15(13)9-11;1-2-10-7-8-14-12(9-10)11-5-3-4-6-13(11)15-14;;/h1-20H,21H2;3-9H,10H2;3-9H;;/q;2*-1;2*+1/p+2. The van der Waals surface area contributed by atoms with Crippen LogP contribution in [0.15, 0.2) is 211 Å². The maximum absolute atomic E-state index is 7.14. The minimum absolute atomic E-state index is 0. The van der Waals surface area contributed by atoms with Crippen LogP contribution in [0.5, 0.6) is 0 Å². The van der Waals surface area contributed by atoms with Crippen LogP contribution in [0, 0.1) is 24.7 Å². The Bertz CT molecular complexity index is 2670. The van der Waals surface area contributed by atoms with Crippen molar-refractivity contribution in [1.82, 2.24) is 0 Å². The predicted molar refractivity (Wildman–Crippen MR) is 247 cm³/mol. The summed E-state index contributed by atoms with van der Waals surface area (Å²) in [5.74, 6) is 6.07. The van der Waals surface area contributed by atoms with Gasteiger partial charge in [-0.3, -0.25) is 11.8 Å². The van der Waals surface area contributed by atoms with Crippen molar-refractivity contribution >= 4 is 59.0 Å². The Morgan fingerprint density at radius 1 is 0.407 bits per heavy atom. The zero-order valence-electron chi connectivity index (χ0n) is 32.1. The second-order valence-electron chi connectivity index (χ2n) is 13.9. The molecule has 0 saturated carbocycles. The van der Waals surface area contributed by atoms with E-state index < -0.39 is 15.8 Å². The molecule has 1 nitrogen and oxygen atoms in total. The van der Waals surface area contributed by atoms with E-state index in [-0.39, 0.29) is 44.8 Å². The van der Waals surface area contributed by atoms with E-state index in [1.165, 1.54) is 49.4 Å². The molecule has 0 radical (unpaired) electrons. The van der Waals surface area contributed by atoms with Crippen molar-refractivity contribution in [3.63, 3.8) is 0 Å². The first-order valence-electron chi connectivity index (χ1n) is 19.1. The molecule has 1 aromatic heterocycles. The Labute approximate surface area is 381 Å². The van der Waals surface area contributed by atoms with Gasteiger partial charge in [-0.2, -0.15) is 0 Å². The van der Waals surface area contributed by atoms with Crippen LogP contribution in [0.3, 0.4) is 0 Å². The van der Waals surface area contributed by atoms with Crippen molar-refractivity contribution in [2.24, 2.45) is 0 Å². The number of rotatable bonds is 6. The normalized spacial score (nSPS) is 10.7. The van der Waals surface area contributed by atoms with Crippen molar-refractivity contribution in [3.8, 4) is 23.0 Å². The Kier molecular flexibility index (Phi) is 15.8. The molecule has 0 unspecified atom stereocenters. The van der Waals surface area contributed by atoms with Crippen LogP contribution >= 0.6 is 15.8 Å². The second-order valence-corrected chi connectivity index (χ2v) is 19.5. The van der Waals surface area contributed by atoms with Crippen molar-refractivity contribution in [1.29, 1.82) is 0 Å². The molecule has 0 saturated heterocycles. The fourth-order valence-corrected chi connectivity index (χ4v) is 15.2. The molecule has 10 rings (SSSR count). The van der Waals surface area contributed by atoms with E-state index in [4.69, 9.17) is 17.3 Å². The third kappa shape index (κ3) is 10.4. The Hall–Kier alpha value is -4.98. The van der Waals surface area contributed by atoms with Crippen LogP contribution in [-0.2, 0) is 51.2 Å². The number of furan rings is 1. The van der Waals surface area contributed by atoms with Crippen molar-refractivity contribution < 1.29 is 49.2 Å². The number of para-hydroxylation sites is 1. The maximum atomic E-state index is 7.14. The topological polar surface area (TPSA) is 13.1 Å². The smallest absolute Gasteiger partial charge is 0.456 e. The van der Waals surface area contributed by atoms with Crippen molar-refractivity contribution in [2.75, 3.05) is 5.90 Å². The van der Waals surface area contributed by atoms with Gasteiger partial charge >= 0.3 is 44.8 Å². The van der Waals surface area contributed by atoms with Gasteiger partial charge in [0, 0.05) is 10.8 Å². The van der Waals surface area contributed by atoms with Crippen molar-refractivity contribution in [3.05, 3.63) is 241 Å². The quantitative estimate of drug-likeness (QED) is 0.0700. The zero-order valence-corrected chi connectivity index (χ0v) is 38.4. The summed E-state index contributed by atoms with van der Waals surface area (Å²) in [5.41, 5.74) is 8.68. The molecule has 0 spiro atoms. The zero-order chi connectivity index (χ0) is 38.8. The predicted octanol–water partition coefficient (Wildman–Crippen LogP) is 11.4. The Balaban J connectivity index is 0.000000156. The molecule has 0 aliphatic heterocycles. The van der Waals surface area contributed by atoms with E-state index in [1.807, 2.05) is 54.6 Å².